The molecule has 0 saturated carbocycles. The Kier molecular flexibility index (Phi) is 3.98. The average Bonchev–Trinajstić information content (AvgIpc) is 2.47. The van der Waals surface area contributed by atoms with Gasteiger partial charge in [0, 0.05) is 12.3 Å². The van der Waals surface area contributed by atoms with E-state index in [1.807, 2.05) is 0 Å². The Labute approximate surface area is 119 Å². The second-order valence-electron chi connectivity index (χ2n) is 3.96. The van der Waals surface area contributed by atoms with E-state index >= 15 is 0 Å². The van der Waals surface area contributed by atoms with E-state index in [0.29, 0.717) is 5.75 Å². The summed E-state index contributed by atoms with van der Waals surface area (Å²) in [6, 6.07) is 7.11. The van der Waals surface area contributed by atoms with Gasteiger partial charge in [0.25, 0.3) is 5.69 Å². The first-order valence-corrected chi connectivity index (χ1v) is 5.82. The summed E-state index contributed by atoms with van der Waals surface area (Å²) in [6.45, 7) is 0. The van der Waals surface area contributed by atoms with Crippen molar-refractivity contribution in [3.8, 4) is 17.4 Å². The predicted molar refractivity (Wildman–Crippen MR) is 75.0 cm³/mol. The number of nitrogen functional groups attached to an aromatic ring is 1. The molecule has 0 radical (unpaired) electrons. The molecule has 0 aliphatic carbocycles. The molecule has 0 amide bonds. The predicted octanol–water partition coefficient (Wildman–Crippen LogP) is 2.07. The number of hydrogen-bond acceptors (Lipinski definition) is 6. The summed E-state index contributed by atoms with van der Waals surface area (Å²) in [5, 5.41) is 18.3. The van der Waals surface area contributed by atoms with E-state index in [4.69, 9.17) is 20.6 Å². The Hall–Kier alpha value is -3.16. The van der Waals surface area contributed by atoms with Crippen LogP contribution in [0.3, 0.4) is 0 Å². The summed E-state index contributed by atoms with van der Waals surface area (Å²) in [4.78, 5) is 14.3. The van der Waals surface area contributed by atoms with Crippen LogP contribution >= 0.6 is 0 Å². The van der Waals surface area contributed by atoms with Gasteiger partial charge in [-0.15, -0.1) is 0 Å². The Morgan fingerprint density at radius 3 is 2.76 bits per heavy atom. The third-order valence-electron chi connectivity index (χ3n) is 2.63. The molecule has 1 aromatic heterocycles. The number of nitrogens with one attached hydrogen (secondary N) is 1. The van der Waals surface area contributed by atoms with E-state index in [9.17, 15) is 10.1 Å². The quantitative estimate of drug-likeness (QED) is 0.375. The number of rotatable bonds is 5. The number of nitro groups is 1. The zero-order valence-electron chi connectivity index (χ0n) is 11.1. The van der Waals surface area contributed by atoms with Gasteiger partial charge in [-0.1, -0.05) is 0 Å². The molecule has 1 aromatic carbocycles. The highest BCUT2D eigenvalue weighted by molar-refractivity contribution is 5.97. The van der Waals surface area contributed by atoms with E-state index in [-0.39, 0.29) is 28.7 Å². The lowest BCUT2D eigenvalue weighted by Crippen LogP contribution is -2.13. The minimum Gasteiger partial charge on any atom is -0.493 e. The van der Waals surface area contributed by atoms with Crippen molar-refractivity contribution in [2.75, 3.05) is 7.11 Å². The molecule has 2 aromatic rings. The molecule has 8 nitrogen and oxygen atoms in total. The largest absolute Gasteiger partial charge is 0.493 e. The number of amidine groups is 1. The Morgan fingerprint density at radius 1 is 1.38 bits per heavy atom. The number of pyridine rings is 1. The highest BCUT2D eigenvalue weighted by Crippen LogP contribution is 2.34. The molecule has 1 heterocycles. The van der Waals surface area contributed by atoms with Crippen LogP contribution in [0.15, 0.2) is 36.5 Å². The first kappa shape index (κ1) is 14.3. The van der Waals surface area contributed by atoms with Crippen molar-refractivity contribution in [1.82, 2.24) is 4.98 Å². The summed E-state index contributed by atoms with van der Waals surface area (Å²) in [7, 11) is 1.42. The van der Waals surface area contributed by atoms with Crippen LogP contribution in [0, 0.1) is 15.5 Å². The van der Waals surface area contributed by atoms with Gasteiger partial charge in [0.1, 0.15) is 5.84 Å². The van der Waals surface area contributed by atoms with Gasteiger partial charge in [-0.05, 0) is 18.2 Å². The minimum atomic E-state index is -0.545. The molecule has 8 heteroatoms. The number of nitrogens with two attached hydrogens (primary N) is 1. The Bertz CT molecular complexity index is 702. The van der Waals surface area contributed by atoms with Gasteiger partial charge in [0.15, 0.2) is 11.5 Å². The number of methoxy groups -OCH3 is 1. The number of aromatic nitrogens is 1. The zero-order chi connectivity index (χ0) is 15.4. The molecular weight excluding hydrogens is 276 g/mol. The Morgan fingerprint density at radius 2 is 2.14 bits per heavy atom. The van der Waals surface area contributed by atoms with Crippen LogP contribution in [0.2, 0.25) is 0 Å². The zero-order valence-corrected chi connectivity index (χ0v) is 11.1. The highest BCUT2D eigenvalue weighted by Gasteiger charge is 2.16. The number of hydrogen-bond donors (Lipinski definition) is 2. The van der Waals surface area contributed by atoms with Gasteiger partial charge in [-0.25, -0.2) is 4.98 Å². The van der Waals surface area contributed by atoms with E-state index in [1.54, 1.807) is 12.1 Å². The monoisotopic (exact) mass is 288 g/mol. The van der Waals surface area contributed by atoms with Crippen LogP contribution < -0.4 is 15.2 Å². The molecule has 0 atom stereocenters. The fourth-order valence-corrected chi connectivity index (χ4v) is 1.64. The summed E-state index contributed by atoms with van der Waals surface area (Å²) >= 11 is 0. The molecule has 0 fully saturated rings. The fraction of sp³-hybridized carbons (Fsp3) is 0.0769. The van der Waals surface area contributed by atoms with Crippen LogP contribution in [-0.4, -0.2) is 22.9 Å². The second kappa shape index (κ2) is 5.87. The smallest absolute Gasteiger partial charge is 0.273 e. The molecule has 0 aliphatic heterocycles. The normalized spacial score (nSPS) is 9.95. The molecule has 2 rings (SSSR count). The topological polar surface area (TPSA) is 124 Å². The number of ether oxygens (including phenoxy) is 2. The van der Waals surface area contributed by atoms with Crippen molar-refractivity contribution in [2.45, 2.75) is 0 Å². The highest BCUT2D eigenvalue weighted by atomic mass is 16.6. The number of benzene rings is 1. The average molecular weight is 288 g/mol. The molecule has 3 N–H and O–H groups in total. The standard InChI is InChI=1S/C13H12N4O4/c1-20-10-5-4-8(17(18)19)7-11(10)21-13-9(12(14)15)3-2-6-16-13/h2-7H,1H3,(H3,14,15). The summed E-state index contributed by atoms with van der Waals surface area (Å²) in [5.41, 5.74) is 5.58. The SMILES string of the molecule is COc1ccc([N+](=O)[O-])cc1Oc1ncccc1C(=N)N. The first-order valence-electron chi connectivity index (χ1n) is 5.82. The van der Waals surface area contributed by atoms with Gasteiger partial charge in [-0.3, -0.25) is 15.5 Å². The minimum absolute atomic E-state index is 0.0730. The van der Waals surface area contributed by atoms with Crippen molar-refractivity contribution >= 4 is 11.5 Å². The van der Waals surface area contributed by atoms with Gasteiger partial charge in [-0.2, -0.15) is 0 Å². The summed E-state index contributed by atoms with van der Waals surface area (Å²) in [5.74, 6) is 0.278. The maximum absolute atomic E-state index is 10.8. The van der Waals surface area contributed by atoms with Crippen LogP contribution in [0.4, 0.5) is 5.69 Å². The van der Waals surface area contributed by atoms with Gasteiger partial charge in [0.05, 0.1) is 23.7 Å². The molecule has 0 unspecified atom stereocenters. The number of nitro benzene ring substituents is 1. The van der Waals surface area contributed by atoms with Gasteiger partial charge in [0.2, 0.25) is 5.88 Å². The van der Waals surface area contributed by atoms with E-state index in [0.717, 1.165) is 0 Å². The van der Waals surface area contributed by atoms with E-state index < -0.39 is 4.92 Å². The van der Waals surface area contributed by atoms with Crippen molar-refractivity contribution in [1.29, 1.82) is 5.41 Å². The molecule has 0 saturated heterocycles. The van der Waals surface area contributed by atoms with Crippen LogP contribution in [0.1, 0.15) is 5.56 Å². The van der Waals surface area contributed by atoms with Crippen LogP contribution in [0.5, 0.6) is 17.4 Å². The molecule has 0 bridgehead atoms. The maximum Gasteiger partial charge on any atom is 0.273 e. The van der Waals surface area contributed by atoms with Gasteiger partial charge < -0.3 is 15.2 Å². The second-order valence-corrected chi connectivity index (χ2v) is 3.96. The Balaban J connectivity index is 2.45. The van der Waals surface area contributed by atoms with Crippen LogP contribution in [-0.2, 0) is 0 Å². The number of non-ortho nitro benzene ring substituents is 1. The maximum atomic E-state index is 10.8. The summed E-state index contributed by atoms with van der Waals surface area (Å²) < 4.78 is 10.6. The van der Waals surface area contributed by atoms with E-state index in [1.165, 1.54) is 31.5 Å². The summed E-state index contributed by atoms with van der Waals surface area (Å²) in [6.07, 6.45) is 1.46. The lowest BCUT2D eigenvalue weighted by molar-refractivity contribution is -0.384. The third kappa shape index (κ3) is 3.06. The first-order chi connectivity index (χ1) is 10.0. The lowest BCUT2D eigenvalue weighted by Gasteiger charge is -2.11. The molecule has 108 valence electrons. The number of nitrogens with zero attached hydrogens (tertiary/aromatic N) is 2. The fourth-order valence-electron chi connectivity index (χ4n) is 1.64. The van der Waals surface area contributed by atoms with Crippen molar-refractivity contribution in [3.63, 3.8) is 0 Å². The van der Waals surface area contributed by atoms with Crippen molar-refractivity contribution in [3.05, 3.63) is 52.2 Å². The molecule has 0 aliphatic rings. The van der Waals surface area contributed by atoms with Crippen molar-refractivity contribution in [2.24, 2.45) is 5.73 Å². The van der Waals surface area contributed by atoms with Gasteiger partial charge >= 0.3 is 0 Å². The van der Waals surface area contributed by atoms with E-state index in [2.05, 4.69) is 4.98 Å². The van der Waals surface area contributed by atoms with Crippen LogP contribution in [0.25, 0.3) is 0 Å². The lowest BCUT2D eigenvalue weighted by atomic mass is 10.2. The molecule has 0 spiro atoms. The third-order valence-corrected chi connectivity index (χ3v) is 2.63. The molecule has 21 heavy (non-hydrogen) atoms. The molecular formula is C13H12N4O4. The van der Waals surface area contributed by atoms with Crippen molar-refractivity contribution < 1.29 is 14.4 Å².